The van der Waals surface area contributed by atoms with Gasteiger partial charge in [-0.1, -0.05) is 0 Å². The summed E-state index contributed by atoms with van der Waals surface area (Å²) in [5, 5.41) is 0. The van der Waals surface area contributed by atoms with E-state index in [2.05, 4.69) is 0 Å². The van der Waals surface area contributed by atoms with Crippen LogP contribution < -0.4 is 0 Å². The van der Waals surface area contributed by atoms with Gasteiger partial charge in [0.05, 0.1) is 17.2 Å². The Morgan fingerprint density at radius 1 is 1.00 bits per heavy atom. The number of alkyl halides is 6. The maximum atomic E-state index is 12.9. The lowest BCUT2D eigenvalue weighted by molar-refractivity contribution is -0.143. The molecule has 25 heavy (non-hydrogen) atoms. The van der Waals surface area contributed by atoms with E-state index in [0.717, 1.165) is 12.8 Å². The molecule has 0 bridgehead atoms. The highest BCUT2D eigenvalue weighted by atomic mass is 19.4. The molecule has 0 saturated carbocycles. The molecule has 0 radical (unpaired) electrons. The van der Waals surface area contributed by atoms with Gasteiger partial charge in [0.1, 0.15) is 0 Å². The molecule has 0 spiro atoms. The smallest absolute Gasteiger partial charge is 0.325 e. The number of likely N-dealkylation sites (tertiary alicyclic amines) is 1. The minimum absolute atomic E-state index is 0.0819. The molecule has 1 saturated heterocycles. The second-order valence-electron chi connectivity index (χ2n) is 6.10. The summed E-state index contributed by atoms with van der Waals surface area (Å²) in [5.41, 5.74) is -2.98. The van der Waals surface area contributed by atoms with Crippen LogP contribution in [-0.4, -0.2) is 36.0 Å². The van der Waals surface area contributed by atoms with E-state index >= 15 is 0 Å². The highest BCUT2D eigenvalue weighted by Crippen LogP contribution is 2.38. The molecular formula is C16H18F6N2O. The molecule has 1 aliphatic heterocycles. The molecular weight excluding hydrogens is 350 g/mol. The summed E-state index contributed by atoms with van der Waals surface area (Å²) in [7, 11) is 1.37. The molecule has 1 atom stereocenters. The van der Waals surface area contributed by atoms with Crippen molar-refractivity contribution in [3.8, 4) is 0 Å². The lowest BCUT2D eigenvalue weighted by Gasteiger charge is -2.30. The third-order valence-corrected chi connectivity index (χ3v) is 4.35. The predicted molar refractivity (Wildman–Crippen MR) is 78.8 cm³/mol. The maximum Gasteiger partial charge on any atom is 0.416 e. The van der Waals surface area contributed by atoms with Crippen LogP contribution in [0.4, 0.5) is 31.1 Å². The van der Waals surface area contributed by atoms with Crippen molar-refractivity contribution in [1.29, 1.82) is 0 Å². The van der Waals surface area contributed by atoms with E-state index in [-0.39, 0.29) is 11.6 Å². The zero-order valence-corrected chi connectivity index (χ0v) is 13.7. The van der Waals surface area contributed by atoms with Gasteiger partial charge in [-0.2, -0.15) is 26.3 Å². The van der Waals surface area contributed by atoms with Crippen molar-refractivity contribution in [2.45, 2.75) is 38.2 Å². The molecule has 9 heteroatoms. The predicted octanol–water partition coefficient (Wildman–Crippen LogP) is 4.93. The van der Waals surface area contributed by atoms with E-state index in [0.29, 0.717) is 25.2 Å². The number of halogens is 6. The van der Waals surface area contributed by atoms with Crippen molar-refractivity contribution in [3.63, 3.8) is 0 Å². The van der Waals surface area contributed by atoms with Crippen LogP contribution in [0.5, 0.6) is 0 Å². The Morgan fingerprint density at radius 3 is 1.84 bits per heavy atom. The van der Waals surface area contributed by atoms with Gasteiger partial charge >= 0.3 is 18.4 Å². The third kappa shape index (κ3) is 4.38. The molecule has 0 aliphatic carbocycles. The summed E-state index contributed by atoms with van der Waals surface area (Å²) in [5.74, 6) is 0. The van der Waals surface area contributed by atoms with Gasteiger partial charge < -0.3 is 9.80 Å². The number of urea groups is 1. The fourth-order valence-electron chi connectivity index (χ4n) is 2.74. The van der Waals surface area contributed by atoms with Crippen molar-refractivity contribution in [1.82, 2.24) is 9.80 Å². The Hall–Kier alpha value is -1.93. The molecule has 0 N–H and O–H groups in total. The van der Waals surface area contributed by atoms with Gasteiger partial charge in [-0.05, 0) is 43.5 Å². The molecule has 0 unspecified atom stereocenters. The average molecular weight is 368 g/mol. The molecule has 1 aromatic rings. The minimum Gasteiger partial charge on any atom is -0.325 e. The van der Waals surface area contributed by atoms with Crippen LogP contribution in [0.15, 0.2) is 18.2 Å². The fraction of sp³-hybridized carbons (Fsp3) is 0.562. The van der Waals surface area contributed by atoms with Crippen LogP contribution in [0.25, 0.3) is 0 Å². The normalized spacial score (nSPS) is 16.9. The van der Waals surface area contributed by atoms with Crippen LogP contribution in [0, 0.1) is 0 Å². The van der Waals surface area contributed by atoms with Gasteiger partial charge in [-0.3, -0.25) is 0 Å². The number of hydrogen-bond donors (Lipinski definition) is 0. The van der Waals surface area contributed by atoms with Crippen molar-refractivity contribution in [2.24, 2.45) is 0 Å². The topological polar surface area (TPSA) is 23.6 Å². The molecule has 1 fully saturated rings. The number of nitrogens with zero attached hydrogens (tertiary/aromatic N) is 2. The van der Waals surface area contributed by atoms with Crippen molar-refractivity contribution in [3.05, 3.63) is 34.9 Å². The Bertz CT molecular complexity index is 602. The molecule has 1 aromatic carbocycles. The number of benzene rings is 1. The highest BCUT2D eigenvalue weighted by molar-refractivity contribution is 5.75. The van der Waals surface area contributed by atoms with Crippen molar-refractivity contribution >= 4 is 6.03 Å². The van der Waals surface area contributed by atoms with Gasteiger partial charge in [-0.25, -0.2) is 4.79 Å². The number of rotatable bonds is 2. The Morgan fingerprint density at radius 2 is 1.44 bits per heavy atom. The summed E-state index contributed by atoms with van der Waals surface area (Å²) in [6.07, 6.45) is -8.16. The van der Waals surface area contributed by atoms with Crippen LogP contribution in [-0.2, 0) is 12.4 Å². The van der Waals surface area contributed by atoms with E-state index in [9.17, 15) is 31.1 Å². The second kappa shape index (κ2) is 6.76. The first-order valence-electron chi connectivity index (χ1n) is 7.72. The highest BCUT2D eigenvalue weighted by Gasteiger charge is 2.38. The zero-order chi connectivity index (χ0) is 19.0. The molecule has 3 nitrogen and oxygen atoms in total. The summed E-state index contributed by atoms with van der Waals surface area (Å²) < 4.78 is 77.7. The summed E-state index contributed by atoms with van der Waals surface area (Å²) >= 11 is 0. The number of hydrogen-bond acceptors (Lipinski definition) is 1. The monoisotopic (exact) mass is 368 g/mol. The first-order chi connectivity index (χ1) is 11.4. The molecule has 2 rings (SSSR count). The minimum atomic E-state index is -4.91. The Labute approximate surface area is 141 Å². The van der Waals surface area contributed by atoms with Crippen molar-refractivity contribution in [2.75, 3.05) is 20.1 Å². The van der Waals surface area contributed by atoms with Gasteiger partial charge in [0.25, 0.3) is 0 Å². The molecule has 140 valence electrons. The van der Waals surface area contributed by atoms with E-state index in [4.69, 9.17) is 0 Å². The average Bonchev–Trinajstić information content (AvgIpc) is 3.05. The lowest BCUT2D eigenvalue weighted by Crippen LogP contribution is -2.40. The molecule has 1 aliphatic rings. The van der Waals surface area contributed by atoms with Crippen molar-refractivity contribution < 1.29 is 31.1 Å². The summed E-state index contributed by atoms with van der Waals surface area (Å²) in [4.78, 5) is 15.0. The van der Waals surface area contributed by atoms with Gasteiger partial charge in [0.15, 0.2) is 0 Å². The molecule has 0 aromatic heterocycles. The quantitative estimate of drug-likeness (QED) is 0.679. The summed E-state index contributed by atoms with van der Waals surface area (Å²) in [6, 6.07) is 0.0623. The Kier molecular flexibility index (Phi) is 5.24. The summed E-state index contributed by atoms with van der Waals surface area (Å²) in [6.45, 7) is 2.47. The largest absolute Gasteiger partial charge is 0.416 e. The van der Waals surface area contributed by atoms with Gasteiger partial charge in [0.2, 0.25) is 0 Å². The van der Waals surface area contributed by atoms with Crippen LogP contribution in [0.3, 0.4) is 0 Å². The first-order valence-corrected chi connectivity index (χ1v) is 7.72. The zero-order valence-electron chi connectivity index (χ0n) is 13.7. The third-order valence-electron chi connectivity index (χ3n) is 4.35. The molecule has 2 amide bonds. The SMILES string of the molecule is C[C@H](c1cc(C(F)(F)F)cc(C(F)(F)F)c1)N(C)C(=O)N1CCCC1. The van der Waals surface area contributed by atoms with Crippen LogP contribution >= 0.6 is 0 Å². The first kappa shape index (κ1) is 19.4. The van der Waals surface area contributed by atoms with E-state index < -0.39 is 35.6 Å². The van der Waals surface area contributed by atoms with Crippen LogP contribution in [0.1, 0.15) is 42.5 Å². The molecule has 1 heterocycles. The number of carbonyl (C=O) groups excluding carboxylic acids is 1. The maximum absolute atomic E-state index is 12.9. The lowest BCUT2D eigenvalue weighted by atomic mass is 10.00. The van der Waals surface area contributed by atoms with E-state index in [1.54, 1.807) is 0 Å². The standard InChI is InChI=1S/C16H18F6N2O/c1-10(23(2)14(25)24-5-3-4-6-24)11-7-12(15(17,18)19)9-13(8-11)16(20,21)22/h7-10H,3-6H2,1-2H3/t10-/m1/s1. The van der Waals surface area contributed by atoms with Crippen LogP contribution in [0.2, 0.25) is 0 Å². The number of carbonyl (C=O) groups is 1. The van der Waals surface area contributed by atoms with E-state index in [1.165, 1.54) is 23.8 Å². The van der Waals surface area contributed by atoms with Gasteiger partial charge in [-0.15, -0.1) is 0 Å². The van der Waals surface area contributed by atoms with Gasteiger partial charge in [0, 0.05) is 20.1 Å². The van der Waals surface area contributed by atoms with E-state index in [1.807, 2.05) is 0 Å². The Balaban J connectivity index is 2.37. The second-order valence-corrected chi connectivity index (χ2v) is 6.10. The number of amides is 2. The fourth-order valence-corrected chi connectivity index (χ4v) is 2.74.